The Labute approximate surface area is 121 Å². The highest BCUT2D eigenvalue weighted by molar-refractivity contribution is 7.80. The molecule has 0 heterocycles. The van der Waals surface area contributed by atoms with Gasteiger partial charge in [-0.05, 0) is 25.2 Å². The van der Waals surface area contributed by atoms with Crippen molar-refractivity contribution in [2.24, 2.45) is 0 Å². The van der Waals surface area contributed by atoms with Gasteiger partial charge in [-0.25, -0.2) is 0 Å². The molecule has 2 N–H and O–H groups in total. The van der Waals surface area contributed by atoms with Gasteiger partial charge in [0.05, 0.1) is 21.7 Å². The lowest BCUT2D eigenvalue weighted by Gasteiger charge is -2.14. The second-order valence-corrected chi connectivity index (χ2v) is 4.62. The molecule has 6 nitrogen and oxygen atoms in total. The minimum Gasteiger partial charge on any atom is -0.380 e. The number of hydrogen-bond acceptors (Lipinski definition) is 4. The highest BCUT2D eigenvalue weighted by Crippen LogP contribution is 2.26. The molecule has 0 saturated carbocycles. The lowest BCUT2D eigenvalue weighted by Crippen LogP contribution is -2.34. The van der Waals surface area contributed by atoms with E-state index in [0.29, 0.717) is 22.4 Å². The molecule has 1 rings (SSSR count). The minimum absolute atomic E-state index is 0.000307. The molecule has 19 heavy (non-hydrogen) atoms. The van der Waals surface area contributed by atoms with E-state index in [1.54, 1.807) is 7.11 Å². The Kier molecular flexibility index (Phi) is 5.94. The fourth-order valence-corrected chi connectivity index (χ4v) is 1.57. The normalized spacial score (nSPS) is 11.7. The molecule has 1 atom stereocenters. The van der Waals surface area contributed by atoms with Crippen LogP contribution in [0.2, 0.25) is 5.02 Å². The Morgan fingerprint density at radius 2 is 2.32 bits per heavy atom. The second-order valence-electron chi connectivity index (χ2n) is 3.80. The number of anilines is 1. The fraction of sp³-hybridized carbons (Fsp3) is 0.364. The molecule has 0 bridgehead atoms. The maximum atomic E-state index is 10.7. The van der Waals surface area contributed by atoms with Gasteiger partial charge in [0.15, 0.2) is 5.11 Å². The zero-order valence-electron chi connectivity index (χ0n) is 10.5. The summed E-state index contributed by atoms with van der Waals surface area (Å²) in [6.45, 7) is 2.41. The maximum absolute atomic E-state index is 10.7. The Bertz CT molecular complexity index is 484. The largest absolute Gasteiger partial charge is 0.380 e. The highest BCUT2D eigenvalue weighted by Gasteiger charge is 2.11. The molecular weight excluding hydrogens is 290 g/mol. The van der Waals surface area contributed by atoms with Crippen molar-refractivity contribution in [3.63, 3.8) is 0 Å². The molecule has 104 valence electrons. The van der Waals surface area contributed by atoms with Gasteiger partial charge in [0.2, 0.25) is 0 Å². The SMILES string of the molecule is COC(C)CNC(=S)Nc1cc([N+](=O)[O-])ccc1Cl. The molecule has 0 aliphatic rings. The van der Waals surface area contributed by atoms with Crippen molar-refractivity contribution in [2.45, 2.75) is 13.0 Å². The van der Waals surface area contributed by atoms with Crippen LogP contribution in [-0.4, -0.2) is 29.8 Å². The molecule has 8 heteroatoms. The number of nitro groups is 1. The molecule has 0 aliphatic heterocycles. The summed E-state index contributed by atoms with van der Waals surface area (Å²) in [5, 5.41) is 17.1. The van der Waals surface area contributed by atoms with Crippen molar-refractivity contribution in [2.75, 3.05) is 19.0 Å². The lowest BCUT2D eigenvalue weighted by molar-refractivity contribution is -0.384. The maximum Gasteiger partial charge on any atom is 0.271 e. The Balaban J connectivity index is 2.68. The number of methoxy groups -OCH3 is 1. The van der Waals surface area contributed by atoms with Crippen LogP contribution < -0.4 is 10.6 Å². The molecule has 1 aromatic carbocycles. The zero-order valence-corrected chi connectivity index (χ0v) is 12.0. The standard InChI is InChI=1S/C11H14ClN3O3S/c1-7(18-2)6-13-11(19)14-10-5-8(15(16)17)3-4-9(10)12/h3-5,7H,6H2,1-2H3,(H2,13,14,19). The lowest BCUT2D eigenvalue weighted by atomic mass is 10.3. The van der Waals surface area contributed by atoms with E-state index in [4.69, 9.17) is 28.6 Å². The van der Waals surface area contributed by atoms with Crippen molar-refractivity contribution < 1.29 is 9.66 Å². The first kappa shape index (κ1) is 15.6. The van der Waals surface area contributed by atoms with E-state index in [1.807, 2.05) is 6.92 Å². The predicted octanol–water partition coefficient (Wildman–Crippen LogP) is 2.57. The van der Waals surface area contributed by atoms with Gasteiger partial charge in [0, 0.05) is 25.8 Å². The molecule has 0 amide bonds. The number of thiocarbonyl (C=S) groups is 1. The van der Waals surface area contributed by atoms with Crippen LogP contribution in [0.3, 0.4) is 0 Å². The molecular formula is C11H14ClN3O3S. The summed E-state index contributed by atoms with van der Waals surface area (Å²) in [5.41, 5.74) is 0.332. The number of benzene rings is 1. The van der Waals surface area contributed by atoms with Gasteiger partial charge in [-0.3, -0.25) is 10.1 Å². The van der Waals surface area contributed by atoms with E-state index in [-0.39, 0.29) is 11.8 Å². The third-order valence-electron chi connectivity index (χ3n) is 2.36. The van der Waals surface area contributed by atoms with Crippen molar-refractivity contribution in [3.8, 4) is 0 Å². The van der Waals surface area contributed by atoms with E-state index in [9.17, 15) is 10.1 Å². The Morgan fingerprint density at radius 1 is 1.63 bits per heavy atom. The third-order valence-corrected chi connectivity index (χ3v) is 2.94. The van der Waals surface area contributed by atoms with Gasteiger partial charge in [0.25, 0.3) is 5.69 Å². The smallest absolute Gasteiger partial charge is 0.271 e. The van der Waals surface area contributed by atoms with Crippen LogP contribution in [0.15, 0.2) is 18.2 Å². The minimum atomic E-state index is -0.495. The Hall–Kier alpha value is -1.44. The first-order valence-electron chi connectivity index (χ1n) is 5.45. The number of nitrogens with one attached hydrogen (secondary N) is 2. The number of nitro benzene ring substituents is 1. The quantitative estimate of drug-likeness (QED) is 0.494. The topological polar surface area (TPSA) is 76.4 Å². The summed E-state index contributed by atoms with van der Waals surface area (Å²) in [5.74, 6) is 0. The van der Waals surface area contributed by atoms with E-state index in [2.05, 4.69) is 10.6 Å². The molecule has 0 saturated heterocycles. The number of non-ortho nitro benzene ring substituents is 1. The highest BCUT2D eigenvalue weighted by atomic mass is 35.5. The van der Waals surface area contributed by atoms with E-state index < -0.39 is 4.92 Å². The fourth-order valence-electron chi connectivity index (χ4n) is 1.21. The zero-order chi connectivity index (χ0) is 14.4. The van der Waals surface area contributed by atoms with Crippen molar-refractivity contribution in [3.05, 3.63) is 33.3 Å². The van der Waals surface area contributed by atoms with Gasteiger partial charge in [-0.1, -0.05) is 11.6 Å². The summed E-state index contributed by atoms with van der Waals surface area (Å²) in [7, 11) is 1.60. The summed E-state index contributed by atoms with van der Waals surface area (Å²) < 4.78 is 5.06. The number of halogens is 1. The average Bonchev–Trinajstić information content (AvgIpc) is 2.38. The molecule has 1 unspecified atom stereocenters. The Morgan fingerprint density at radius 3 is 2.89 bits per heavy atom. The monoisotopic (exact) mass is 303 g/mol. The van der Waals surface area contributed by atoms with Crippen LogP contribution in [0, 0.1) is 10.1 Å². The molecule has 0 fully saturated rings. The first-order valence-corrected chi connectivity index (χ1v) is 6.24. The second kappa shape index (κ2) is 7.22. The van der Waals surface area contributed by atoms with Crippen LogP contribution in [0.4, 0.5) is 11.4 Å². The van der Waals surface area contributed by atoms with Gasteiger partial charge in [0.1, 0.15) is 0 Å². The predicted molar refractivity (Wildman–Crippen MR) is 78.8 cm³/mol. The van der Waals surface area contributed by atoms with E-state index in [1.165, 1.54) is 18.2 Å². The van der Waals surface area contributed by atoms with Crippen LogP contribution in [0.1, 0.15) is 6.92 Å². The van der Waals surface area contributed by atoms with Gasteiger partial charge < -0.3 is 15.4 Å². The molecule has 0 radical (unpaired) electrons. The number of nitrogens with zero attached hydrogens (tertiary/aromatic N) is 1. The molecule has 0 spiro atoms. The average molecular weight is 304 g/mol. The summed E-state index contributed by atoms with van der Waals surface area (Å²) in [6.07, 6.45) is 0.000307. The van der Waals surface area contributed by atoms with E-state index >= 15 is 0 Å². The molecule has 0 aromatic heterocycles. The number of ether oxygens (including phenoxy) is 1. The van der Waals surface area contributed by atoms with Gasteiger partial charge in [-0.2, -0.15) is 0 Å². The van der Waals surface area contributed by atoms with Crippen molar-refractivity contribution >= 4 is 40.3 Å². The molecule has 0 aliphatic carbocycles. The summed E-state index contributed by atoms with van der Waals surface area (Å²) in [6, 6.07) is 4.11. The van der Waals surface area contributed by atoms with Crippen molar-refractivity contribution in [1.82, 2.24) is 5.32 Å². The van der Waals surface area contributed by atoms with E-state index in [0.717, 1.165) is 0 Å². The summed E-state index contributed by atoms with van der Waals surface area (Å²) in [4.78, 5) is 10.2. The van der Waals surface area contributed by atoms with Crippen molar-refractivity contribution in [1.29, 1.82) is 0 Å². The van der Waals surface area contributed by atoms with Crippen LogP contribution in [0.5, 0.6) is 0 Å². The van der Waals surface area contributed by atoms with Gasteiger partial charge in [-0.15, -0.1) is 0 Å². The van der Waals surface area contributed by atoms with Crippen LogP contribution in [0.25, 0.3) is 0 Å². The first-order chi connectivity index (χ1) is 8.93. The van der Waals surface area contributed by atoms with Crippen LogP contribution in [-0.2, 0) is 4.74 Å². The van der Waals surface area contributed by atoms with Gasteiger partial charge >= 0.3 is 0 Å². The third kappa shape index (κ3) is 4.98. The molecule has 1 aromatic rings. The number of hydrogen-bond donors (Lipinski definition) is 2. The summed E-state index contributed by atoms with van der Waals surface area (Å²) >= 11 is 11.0. The van der Waals surface area contributed by atoms with Crippen LogP contribution >= 0.6 is 23.8 Å². The number of rotatable bonds is 5.